The summed E-state index contributed by atoms with van der Waals surface area (Å²) in [6.07, 6.45) is 0. The number of carbonyl (C=O) groups is 1. The number of halogens is 2. The molecular formula is C18H20ClFN2O3S. The second kappa shape index (κ2) is 8.16. The third-order valence-corrected chi connectivity index (χ3v) is 6.48. The molecule has 5 nitrogen and oxygen atoms in total. The van der Waals surface area contributed by atoms with Gasteiger partial charge in [-0.1, -0.05) is 31.5 Å². The zero-order valence-corrected chi connectivity index (χ0v) is 16.3. The van der Waals surface area contributed by atoms with Crippen LogP contribution in [-0.4, -0.2) is 31.7 Å². The highest BCUT2D eigenvalue weighted by molar-refractivity contribution is 7.89. The second-order valence-corrected chi connectivity index (χ2v) is 7.97. The lowest BCUT2D eigenvalue weighted by molar-refractivity contribution is 0.102. The molecule has 0 aromatic heterocycles. The molecule has 0 aliphatic heterocycles. The lowest BCUT2D eigenvalue weighted by Crippen LogP contribution is -2.31. The van der Waals surface area contributed by atoms with Crippen molar-refractivity contribution in [1.29, 1.82) is 0 Å². The van der Waals surface area contributed by atoms with Crippen molar-refractivity contribution in [3.05, 3.63) is 58.4 Å². The fourth-order valence-electron chi connectivity index (χ4n) is 2.42. The first kappa shape index (κ1) is 20.4. The average molecular weight is 399 g/mol. The van der Waals surface area contributed by atoms with Gasteiger partial charge in [0.25, 0.3) is 5.91 Å². The molecule has 0 saturated carbocycles. The van der Waals surface area contributed by atoms with Crippen LogP contribution >= 0.6 is 11.6 Å². The van der Waals surface area contributed by atoms with Gasteiger partial charge in [0.05, 0.1) is 5.02 Å². The molecular weight excluding hydrogens is 379 g/mol. The van der Waals surface area contributed by atoms with Crippen LogP contribution in [0.2, 0.25) is 5.02 Å². The van der Waals surface area contributed by atoms with Crippen molar-refractivity contribution in [2.24, 2.45) is 0 Å². The summed E-state index contributed by atoms with van der Waals surface area (Å²) in [5.41, 5.74) is 0.851. The van der Waals surface area contributed by atoms with Crippen molar-refractivity contribution in [2.75, 3.05) is 18.4 Å². The number of carbonyl (C=O) groups excluding carboxylic acids is 1. The van der Waals surface area contributed by atoms with E-state index < -0.39 is 21.7 Å². The largest absolute Gasteiger partial charge is 0.322 e. The molecule has 0 saturated heterocycles. The Morgan fingerprint density at radius 3 is 2.38 bits per heavy atom. The lowest BCUT2D eigenvalue weighted by atomic mass is 10.2. The van der Waals surface area contributed by atoms with E-state index in [9.17, 15) is 17.6 Å². The summed E-state index contributed by atoms with van der Waals surface area (Å²) in [6, 6.07) is 8.33. The molecule has 0 bridgehead atoms. The highest BCUT2D eigenvalue weighted by Crippen LogP contribution is 2.26. The molecule has 0 aliphatic carbocycles. The average Bonchev–Trinajstić information content (AvgIpc) is 2.59. The van der Waals surface area contributed by atoms with E-state index in [1.165, 1.54) is 28.6 Å². The molecule has 0 radical (unpaired) electrons. The van der Waals surface area contributed by atoms with E-state index in [-0.39, 0.29) is 34.3 Å². The number of aryl methyl sites for hydroxylation is 1. The van der Waals surface area contributed by atoms with Crippen LogP contribution in [0.1, 0.15) is 29.8 Å². The summed E-state index contributed by atoms with van der Waals surface area (Å²) < 4.78 is 40.3. The smallest absolute Gasteiger partial charge is 0.255 e. The van der Waals surface area contributed by atoms with Crippen molar-refractivity contribution in [3.8, 4) is 0 Å². The number of hydrogen-bond acceptors (Lipinski definition) is 3. The summed E-state index contributed by atoms with van der Waals surface area (Å²) in [6.45, 7) is 5.63. The van der Waals surface area contributed by atoms with Crippen LogP contribution in [0.25, 0.3) is 0 Å². The maximum Gasteiger partial charge on any atom is 0.255 e. The lowest BCUT2D eigenvalue weighted by Gasteiger charge is -2.19. The molecule has 0 unspecified atom stereocenters. The van der Waals surface area contributed by atoms with E-state index in [1.807, 2.05) is 0 Å². The predicted octanol–water partition coefficient (Wildman–Crippen LogP) is 4.07. The van der Waals surface area contributed by atoms with Crippen molar-refractivity contribution in [2.45, 2.75) is 25.7 Å². The molecule has 1 amide bonds. The molecule has 140 valence electrons. The van der Waals surface area contributed by atoms with Gasteiger partial charge in [0.2, 0.25) is 10.0 Å². The summed E-state index contributed by atoms with van der Waals surface area (Å²) in [5.74, 6) is -0.996. The van der Waals surface area contributed by atoms with Gasteiger partial charge in [0, 0.05) is 24.3 Å². The van der Waals surface area contributed by atoms with Crippen LogP contribution in [-0.2, 0) is 10.0 Å². The Bertz CT molecular complexity index is 928. The van der Waals surface area contributed by atoms with Crippen molar-refractivity contribution in [3.63, 3.8) is 0 Å². The maximum absolute atomic E-state index is 13.6. The SMILES string of the molecule is CCN(CC)S(=O)(=O)c1cc(C(=O)Nc2ccc(C)c(F)c2)ccc1Cl. The first-order chi connectivity index (χ1) is 12.2. The van der Waals surface area contributed by atoms with Crippen LogP contribution in [0.5, 0.6) is 0 Å². The van der Waals surface area contributed by atoms with Gasteiger partial charge in [0.1, 0.15) is 10.7 Å². The molecule has 2 aromatic carbocycles. The number of hydrogen-bond donors (Lipinski definition) is 1. The number of sulfonamides is 1. The van der Waals surface area contributed by atoms with Crippen LogP contribution < -0.4 is 5.32 Å². The second-order valence-electron chi connectivity index (χ2n) is 5.65. The van der Waals surface area contributed by atoms with Gasteiger partial charge in [-0.25, -0.2) is 12.8 Å². The molecule has 0 aliphatic rings. The molecule has 8 heteroatoms. The molecule has 1 N–H and O–H groups in total. The van der Waals surface area contributed by atoms with E-state index in [0.29, 0.717) is 5.56 Å². The Balaban J connectivity index is 2.36. The van der Waals surface area contributed by atoms with E-state index in [1.54, 1.807) is 32.9 Å². The summed E-state index contributed by atoms with van der Waals surface area (Å²) >= 11 is 6.05. The zero-order valence-electron chi connectivity index (χ0n) is 14.7. The summed E-state index contributed by atoms with van der Waals surface area (Å²) in [4.78, 5) is 12.3. The molecule has 26 heavy (non-hydrogen) atoms. The number of nitrogens with one attached hydrogen (secondary N) is 1. The molecule has 0 fully saturated rings. The number of amides is 1. The van der Waals surface area contributed by atoms with Gasteiger partial charge in [-0.15, -0.1) is 0 Å². The predicted molar refractivity (Wildman–Crippen MR) is 101 cm³/mol. The highest BCUT2D eigenvalue weighted by Gasteiger charge is 2.25. The van der Waals surface area contributed by atoms with E-state index in [2.05, 4.69) is 5.32 Å². The van der Waals surface area contributed by atoms with Crippen molar-refractivity contribution >= 4 is 33.2 Å². The monoisotopic (exact) mass is 398 g/mol. The van der Waals surface area contributed by atoms with Crippen molar-refractivity contribution in [1.82, 2.24) is 4.31 Å². The standard InChI is InChI=1S/C18H20ClFN2O3S/c1-4-22(5-2)26(24,25)17-10-13(7-9-15(17)19)18(23)21-14-8-6-12(3)16(20)11-14/h6-11H,4-5H2,1-3H3,(H,21,23). The van der Waals surface area contributed by atoms with E-state index in [0.717, 1.165) is 0 Å². The molecule has 2 rings (SSSR count). The molecule has 2 aromatic rings. The van der Waals surface area contributed by atoms with Gasteiger partial charge < -0.3 is 5.32 Å². The first-order valence-electron chi connectivity index (χ1n) is 8.07. The maximum atomic E-state index is 13.6. The van der Waals surface area contributed by atoms with Gasteiger partial charge in [-0.3, -0.25) is 4.79 Å². The minimum absolute atomic E-state index is 0.0369. The quantitative estimate of drug-likeness (QED) is 0.797. The summed E-state index contributed by atoms with van der Waals surface area (Å²) in [5, 5.41) is 2.59. The fourth-order valence-corrected chi connectivity index (χ4v) is 4.38. The van der Waals surface area contributed by atoms with E-state index in [4.69, 9.17) is 11.6 Å². The minimum Gasteiger partial charge on any atom is -0.322 e. The topological polar surface area (TPSA) is 66.5 Å². The fraction of sp³-hybridized carbons (Fsp3) is 0.278. The molecule has 0 spiro atoms. The minimum atomic E-state index is -3.81. The number of benzene rings is 2. The summed E-state index contributed by atoms with van der Waals surface area (Å²) in [7, 11) is -3.81. The molecule has 0 atom stereocenters. The van der Waals surface area contributed by atoms with Crippen LogP contribution in [0, 0.1) is 12.7 Å². The van der Waals surface area contributed by atoms with Crippen molar-refractivity contribution < 1.29 is 17.6 Å². The van der Waals surface area contributed by atoms with Gasteiger partial charge in [0.15, 0.2) is 0 Å². The number of anilines is 1. The Hall–Kier alpha value is -1.96. The molecule has 0 heterocycles. The third-order valence-electron chi connectivity index (χ3n) is 3.95. The third kappa shape index (κ3) is 4.23. The van der Waals surface area contributed by atoms with Gasteiger partial charge in [-0.05, 0) is 42.8 Å². The number of rotatable bonds is 6. The van der Waals surface area contributed by atoms with E-state index >= 15 is 0 Å². The van der Waals surface area contributed by atoms with Crippen LogP contribution in [0.15, 0.2) is 41.3 Å². The highest BCUT2D eigenvalue weighted by atomic mass is 35.5. The Morgan fingerprint density at radius 1 is 1.15 bits per heavy atom. The Labute approximate surface area is 157 Å². The first-order valence-corrected chi connectivity index (χ1v) is 9.89. The van der Waals surface area contributed by atoms with Crippen LogP contribution in [0.3, 0.4) is 0 Å². The number of nitrogens with zero attached hydrogens (tertiary/aromatic N) is 1. The zero-order chi connectivity index (χ0) is 19.5. The van der Waals surface area contributed by atoms with Gasteiger partial charge >= 0.3 is 0 Å². The normalized spacial score (nSPS) is 11.6. The Kier molecular flexibility index (Phi) is 6.39. The Morgan fingerprint density at radius 2 is 1.81 bits per heavy atom. The van der Waals surface area contributed by atoms with Crippen LogP contribution in [0.4, 0.5) is 10.1 Å². The van der Waals surface area contributed by atoms with Gasteiger partial charge in [-0.2, -0.15) is 4.31 Å².